The third kappa shape index (κ3) is 57.6. The third-order valence-electron chi connectivity index (χ3n) is 3.88. The van der Waals surface area contributed by atoms with E-state index in [0.717, 1.165) is 12.8 Å². The molecule has 0 spiro atoms. The van der Waals surface area contributed by atoms with Gasteiger partial charge in [-0.2, -0.15) is 0 Å². The number of unbranched alkanes of at least 4 members (excludes halogenated alkanes) is 5. The van der Waals surface area contributed by atoms with Gasteiger partial charge >= 0.3 is 5.97 Å². The zero-order valence-electron chi connectivity index (χ0n) is 28.0. The van der Waals surface area contributed by atoms with Gasteiger partial charge in [-0.05, 0) is 67.0 Å². The standard InChI is InChI=1S/C20H30O4.6C2H6O/c1-4-5-6-7-8-12-15-20(3,23-16-17(2)19(21)22)24-18-13-10-9-11-14-18;6*1-2-3/h9-11,13-14,16H,4-8,12,15H2,1-3H3,(H,21,22);6*3H,2H2,1H3. The highest BCUT2D eigenvalue weighted by atomic mass is 16.7. The van der Waals surface area contributed by atoms with Crippen molar-refractivity contribution in [3.8, 4) is 5.75 Å². The summed E-state index contributed by atoms with van der Waals surface area (Å²) in [7, 11) is 0. The van der Waals surface area contributed by atoms with Crippen LogP contribution in [0.1, 0.15) is 107 Å². The fourth-order valence-corrected chi connectivity index (χ4v) is 2.36. The second-order valence-corrected chi connectivity index (χ2v) is 8.19. The topological polar surface area (TPSA) is 177 Å². The molecule has 0 heterocycles. The van der Waals surface area contributed by atoms with Crippen LogP contribution in [-0.2, 0) is 9.53 Å². The van der Waals surface area contributed by atoms with Crippen LogP contribution in [0.4, 0.5) is 0 Å². The smallest absolute Gasteiger partial charge is 0.334 e. The molecule has 0 bridgehead atoms. The van der Waals surface area contributed by atoms with Gasteiger partial charge < -0.3 is 45.2 Å². The van der Waals surface area contributed by atoms with Crippen molar-refractivity contribution in [1.82, 2.24) is 0 Å². The molecule has 10 heteroatoms. The van der Waals surface area contributed by atoms with Gasteiger partial charge in [0.25, 0.3) is 0 Å². The molecular formula is C32H66O10. The molecule has 0 aromatic heterocycles. The van der Waals surface area contributed by atoms with E-state index in [1.54, 1.807) is 41.5 Å². The molecule has 0 aliphatic heterocycles. The first-order chi connectivity index (χ1) is 20.0. The quantitative estimate of drug-likeness (QED) is 0.0689. The molecule has 0 radical (unpaired) electrons. The van der Waals surface area contributed by atoms with E-state index in [-0.39, 0.29) is 45.2 Å². The number of rotatable bonds is 12. The molecule has 0 saturated carbocycles. The Labute approximate surface area is 256 Å². The molecule has 254 valence electrons. The lowest BCUT2D eigenvalue weighted by Crippen LogP contribution is -2.34. The van der Waals surface area contributed by atoms with Crippen molar-refractivity contribution < 1.29 is 50.0 Å². The summed E-state index contributed by atoms with van der Waals surface area (Å²) < 4.78 is 11.7. The Balaban J connectivity index is -0.000000148. The Morgan fingerprint density at radius 2 is 1.05 bits per heavy atom. The van der Waals surface area contributed by atoms with E-state index in [9.17, 15) is 4.79 Å². The zero-order valence-corrected chi connectivity index (χ0v) is 28.0. The average molecular weight is 611 g/mol. The Morgan fingerprint density at radius 3 is 1.40 bits per heavy atom. The maximum absolute atomic E-state index is 10.9. The van der Waals surface area contributed by atoms with E-state index in [4.69, 9.17) is 45.2 Å². The van der Waals surface area contributed by atoms with Crippen LogP contribution in [0, 0.1) is 0 Å². The molecule has 0 aliphatic rings. The minimum atomic E-state index is -0.989. The lowest BCUT2D eigenvalue weighted by Gasteiger charge is -2.30. The largest absolute Gasteiger partial charge is 0.478 e. The molecule has 1 aromatic rings. The van der Waals surface area contributed by atoms with Crippen molar-refractivity contribution in [3.05, 3.63) is 42.2 Å². The van der Waals surface area contributed by atoms with E-state index in [1.807, 2.05) is 37.3 Å². The van der Waals surface area contributed by atoms with Gasteiger partial charge in [-0.1, -0.05) is 57.2 Å². The van der Waals surface area contributed by atoms with Crippen LogP contribution in [0.15, 0.2) is 42.2 Å². The number of aliphatic carboxylic acids is 1. The minimum absolute atomic E-state index is 0.154. The van der Waals surface area contributed by atoms with E-state index < -0.39 is 11.8 Å². The summed E-state index contributed by atoms with van der Waals surface area (Å²) in [6.07, 6.45) is 9.06. The summed E-state index contributed by atoms with van der Waals surface area (Å²) in [6.45, 7) is 17.2. The van der Waals surface area contributed by atoms with Crippen LogP contribution < -0.4 is 4.74 Å². The monoisotopic (exact) mass is 610 g/mol. The van der Waals surface area contributed by atoms with Crippen LogP contribution >= 0.6 is 0 Å². The molecule has 0 saturated heterocycles. The van der Waals surface area contributed by atoms with Crippen molar-refractivity contribution in [2.75, 3.05) is 39.6 Å². The highest BCUT2D eigenvalue weighted by Crippen LogP contribution is 2.26. The molecule has 42 heavy (non-hydrogen) atoms. The second-order valence-electron chi connectivity index (χ2n) is 8.19. The van der Waals surface area contributed by atoms with Gasteiger partial charge in [0.2, 0.25) is 5.79 Å². The second kappa shape index (κ2) is 48.5. The lowest BCUT2D eigenvalue weighted by atomic mass is 10.1. The van der Waals surface area contributed by atoms with E-state index >= 15 is 0 Å². The van der Waals surface area contributed by atoms with Gasteiger partial charge in [0.1, 0.15) is 5.75 Å². The van der Waals surface area contributed by atoms with E-state index in [1.165, 1.54) is 38.9 Å². The molecular weight excluding hydrogens is 544 g/mol. The third-order valence-corrected chi connectivity index (χ3v) is 3.88. The Morgan fingerprint density at radius 1 is 0.690 bits per heavy atom. The molecule has 1 aromatic carbocycles. The van der Waals surface area contributed by atoms with Gasteiger partial charge in [-0.3, -0.25) is 0 Å². The highest BCUT2D eigenvalue weighted by molar-refractivity contribution is 5.85. The van der Waals surface area contributed by atoms with Gasteiger partial charge in [0, 0.05) is 53.0 Å². The fraction of sp³-hybridized carbons (Fsp3) is 0.719. The normalized spacial score (nSPS) is 10.6. The summed E-state index contributed by atoms with van der Waals surface area (Å²) >= 11 is 0. The number of carbonyl (C=O) groups is 1. The van der Waals surface area contributed by atoms with Crippen LogP contribution in [-0.4, -0.2) is 87.1 Å². The molecule has 1 unspecified atom stereocenters. The van der Waals surface area contributed by atoms with Crippen molar-refractivity contribution >= 4 is 5.97 Å². The molecule has 1 atom stereocenters. The zero-order chi connectivity index (χ0) is 34.1. The van der Waals surface area contributed by atoms with Crippen LogP contribution in [0.5, 0.6) is 5.75 Å². The van der Waals surface area contributed by atoms with Crippen molar-refractivity contribution in [3.63, 3.8) is 0 Å². The fourth-order valence-electron chi connectivity index (χ4n) is 2.36. The summed E-state index contributed by atoms with van der Waals surface area (Å²) in [5, 5.41) is 54.4. The molecule has 7 N–H and O–H groups in total. The van der Waals surface area contributed by atoms with Gasteiger partial charge in [-0.15, -0.1) is 0 Å². The number of aliphatic hydroxyl groups excluding tert-OH is 6. The SMILES string of the molecule is CCCCCCCCC(C)(OC=C(C)C(=O)O)Oc1ccccc1.CCO.CCO.CCO.CCO.CCO.CCO. The van der Waals surface area contributed by atoms with Crippen molar-refractivity contribution in [2.45, 2.75) is 113 Å². The molecule has 0 aliphatic carbocycles. The van der Waals surface area contributed by atoms with Gasteiger partial charge in [0.15, 0.2) is 0 Å². The van der Waals surface area contributed by atoms with Crippen molar-refractivity contribution in [1.29, 1.82) is 0 Å². The number of hydrogen-bond acceptors (Lipinski definition) is 9. The number of hydrogen-bond donors (Lipinski definition) is 7. The lowest BCUT2D eigenvalue weighted by molar-refractivity contribution is -0.140. The van der Waals surface area contributed by atoms with Crippen LogP contribution in [0.25, 0.3) is 0 Å². The predicted octanol–water partition coefficient (Wildman–Crippen LogP) is 5.53. The Kier molecular flexibility index (Phi) is 60.6. The number of ether oxygens (including phenoxy) is 2. The van der Waals surface area contributed by atoms with E-state index in [2.05, 4.69) is 6.92 Å². The van der Waals surface area contributed by atoms with E-state index in [0.29, 0.717) is 12.2 Å². The number of para-hydroxylation sites is 1. The number of benzene rings is 1. The molecule has 10 nitrogen and oxygen atoms in total. The number of aliphatic hydroxyl groups is 6. The molecule has 0 fully saturated rings. The Bertz CT molecular complexity index is 597. The predicted molar refractivity (Wildman–Crippen MR) is 173 cm³/mol. The first-order valence-corrected chi connectivity index (χ1v) is 14.9. The minimum Gasteiger partial charge on any atom is -0.478 e. The van der Waals surface area contributed by atoms with Crippen LogP contribution in [0.3, 0.4) is 0 Å². The molecule has 0 amide bonds. The van der Waals surface area contributed by atoms with Gasteiger partial charge in [0.05, 0.1) is 11.8 Å². The molecule has 1 rings (SSSR count). The van der Waals surface area contributed by atoms with Gasteiger partial charge in [-0.25, -0.2) is 4.79 Å². The number of carboxylic acid groups (broad SMARTS) is 1. The summed E-state index contributed by atoms with van der Waals surface area (Å²) in [4.78, 5) is 10.9. The number of carboxylic acids is 1. The summed E-state index contributed by atoms with van der Waals surface area (Å²) in [5.74, 6) is -1.15. The first-order valence-electron chi connectivity index (χ1n) is 14.9. The first kappa shape index (κ1) is 52.4. The Hall–Kier alpha value is -2.21. The highest BCUT2D eigenvalue weighted by Gasteiger charge is 2.27. The maximum Gasteiger partial charge on any atom is 0.334 e. The summed E-state index contributed by atoms with van der Waals surface area (Å²) in [6, 6.07) is 9.47. The maximum atomic E-state index is 10.9. The summed E-state index contributed by atoms with van der Waals surface area (Å²) in [5.41, 5.74) is 0.154. The van der Waals surface area contributed by atoms with Crippen LogP contribution in [0.2, 0.25) is 0 Å². The average Bonchev–Trinajstić information content (AvgIpc) is 2.93. The van der Waals surface area contributed by atoms with Crippen molar-refractivity contribution in [2.24, 2.45) is 0 Å².